The Bertz CT molecular complexity index is 751. The second kappa shape index (κ2) is 6.84. The van der Waals surface area contributed by atoms with Crippen LogP contribution in [0.2, 0.25) is 0 Å². The third-order valence-corrected chi connectivity index (χ3v) is 5.40. The Morgan fingerprint density at radius 3 is 2.54 bits per heavy atom. The molecule has 1 N–H and O–H groups in total. The Hall–Kier alpha value is -2.02. The summed E-state index contributed by atoms with van der Waals surface area (Å²) in [6.07, 6.45) is 2.31. The summed E-state index contributed by atoms with van der Waals surface area (Å²) in [6, 6.07) is 1.65. The van der Waals surface area contributed by atoms with Crippen LogP contribution in [0.5, 0.6) is 0 Å². The van der Waals surface area contributed by atoms with E-state index in [-0.39, 0.29) is 11.9 Å². The number of amides is 1. The maximum absolute atomic E-state index is 12.6. The van der Waals surface area contributed by atoms with Crippen molar-refractivity contribution in [3.8, 4) is 0 Å². The molecule has 1 aliphatic heterocycles. The minimum Gasteiger partial charge on any atom is -0.343 e. The summed E-state index contributed by atoms with van der Waals surface area (Å²) in [5.74, 6) is 0.494. The van der Waals surface area contributed by atoms with Crippen LogP contribution in [0.1, 0.15) is 57.6 Å². The number of nitrogens with one attached hydrogen (secondary N) is 1. The molecule has 2 aromatic heterocycles. The number of hydrogen-bond acceptors (Lipinski definition) is 6. The fraction of sp³-hybridized carbons (Fsp3) is 0.529. The average Bonchev–Trinajstić information content (AvgIpc) is 3.16. The SMILES string of the molecule is Cc1cc(C(=O)NC(C)c2sc(C)nc2C)nc(N2CCCC2)n1. The minimum absolute atomic E-state index is 0.0887. The molecule has 24 heavy (non-hydrogen) atoms. The van der Waals surface area contributed by atoms with Crippen LogP contribution in [0.15, 0.2) is 6.07 Å². The molecule has 0 saturated carbocycles. The van der Waals surface area contributed by atoms with E-state index < -0.39 is 0 Å². The zero-order valence-corrected chi connectivity index (χ0v) is 15.4. The molecule has 1 saturated heterocycles. The maximum Gasteiger partial charge on any atom is 0.270 e. The van der Waals surface area contributed by atoms with E-state index in [9.17, 15) is 4.79 Å². The summed E-state index contributed by atoms with van der Waals surface area (Å²) in [4.78, 5) is 29.3. The van der Waals surface area contributed by atoms with Gasteiger partial charge in [0.2, 0.25) is 5.95 Å². The van der Waals surface area contributed by atoms with E-state index in [0.717, 1.165) is 47.2 Å². The zero-order valence-electron chi connectivity index (χ0n) is 14.6. The quantitative estimate of drug-likeness (QED) is 0.922. The first-order valence-electron chi connectivity index (χ1n) is 8.29. The molecular formula is C17H23N5OS. The summed E-state index contributed by atoms with van der Waals surface area (Å²) in [7, 11) is 0. The smallest absolute Gasteiger partial charge is 0.270 e. The van der Waals surface area contributed by atoms with Crippen molar-refractivity contribution in [3.63, 3.8) is 0 Å². The molecule has 1 amide bonds. The normalized spacial score (nSPS) is 15.6. The van der Waals surface area contributed by atoms with E-state index >= 15 is 0 Å². The van der Waals surface area contributed by atoms with Crippen LogP contribution < -0.4 is 10.2 Å². The highest BCUT2D eigenvalue weighted by atomic mass is 32.1. The Kier molecular flexibility index (Phi) is 4.80. The van der Waals surface area contributed by atoms with Crippen LogP contribution in [0.25, 0.3) is 0 Å². The topological polar surface area (TPSA) is 71.0 Å². The van der Waals surface area contributed by atoms with Gasteiger partial charge in [0.1, 0.15) is 5.69 Å². The molecule has 3 heterocycles. The summed E-state index contributed by atoms with van der Waals surface area (Å²) in [6.45, 7) is 9.75. The number of aromatic nitrogens is 3. The van der Waals surface area contributed by atoms with Gasteiger partial charge >= 0.3 is 0 Å². The Morgan fingerprint density at radius 2 is 1.92 bits per heavy atom. The number of aryl methyl sites for hydroxylation is 3. The van der Waals surface area contributed by atoms with Crippen LogP contribution >= 0.6 is 11.3 Å². The van der Waals surface area contributed by atoms with Crippen LogP contribution in [-0.2, 0) is 0 Å². The van der Waals surface area contributed by atoms with Gasteiger partial charge in [0.15, 0.2) is 0 Å². The first-order valence-corrected chi connectivity index (χ1v) is 9.11. The van der Waals surface area contributed by atoms with Gasteiger partial charge in [0, 0.05) is 23.7 Å². The summed E-state index contributed by atoms with van der Waals surface area (Å²) >= 11 is 1.62. The van der Waals surface area contributed by atoms with Crippen molar-refractivity contribution in [3.05, 3.63) is 33.0 Å². The summed E-state index contributed by atoms with van der Waals surface area (Å²) < 4.78 is 0. The van der Waals surface area contributed by atoms with Gasteiger partial charge in [0.05, 0.1) is 16.7 Å². The van der Waals surface area contributed by atoms with Crippen molar-refractivity contribution in [2.45, 2.75) is 46.6 Å². The van der Waals surface area contributed by atoms with Crippen molar-refractivity contribution in [2.75, 3.05) is 18.0 Å². The van der Waals surface area contributed by atoms with Crippen LogP contribution in [-0.4, -0.2) is 33.9 Å². The minimum atomic E-state index is -0.168. The number of thiazole rings is 1. The van der Waals surface area contributed by atoms with Gasteiger partial charge in [-0.3, -0.25) is 4.79 Å². The van der Waals surface area contributed by atoms with Gasteiger partial charge < -0.3 is 10.2 Å². The molecule has 0 radical (unpaired) electrons. The van der Waals surface area contributed by atoms with Crippen molar-refractivity contribution in [2.24, 2.45) is 0 Å². The third-order valence-electron chi connectivity index (χ3n) is 4.14. The van der Waals surface area contributed by atoms with Crippen molar-refractivity contribution >= 4 is 23.2 Å². The number of carbonyl (C=O) groups excluding carboxylic acids is 1. The molecular weight excluding hydrogens is 322 g/mol. The fourth-order valence-electron chi connectivity index (χ4n) is 3.01. The molecule has 2 aromatic rings. The van der Waals surface area contributed by atoms with Crippen molar-refractivity contribution in [1.82, 2.24) is 20.3 Å². The van der Waals surface area contributed by atoms with E-state index in [0.29, 0.717) is 11.6 Å². The van der Waals surface area contributed by atoms with Gasteiger partial charge in [-0.25, -0.2) is 15.0 Å². The predicted octanol–water partition coefficient (Wildman–Crippen LogP) is 2.95. The lowest BCUT2D eigenvalue weighted by atomic mass is 10.2. The third kappa shape index (κ3) is 3.56. The number of rotatable bonds is 4. The molecule has 0 bridgehead atoms. The van der Waals surface area contributed by atoms with Gasteiger partial charge in [-0.05, 0) is 46.6 Å². The summed E-state index contributed by atoms with van der Waals surface area (Å²) in [5.41, 5.74) is 2.21. The highest BCUT2D eigenvalue weighted by Crippen LogP contribution is 2.25. The molecule has 0 spiro atoms. The maximum atomic E-state index is 12.6. The predicted molar refractivity (Wildman–Crippen MR) is 95.7 cm³/mol. The van der Waals surface area contributed by atoms with Gasteiger partial charge in [-0.15, -0.1) is 11.3 Å². The first-order chi connectivity index (χ1) is 11.4. The lowest BCUT2D eigenvalue weighted by Crippen LogP contribution is -2.29. The standard InChI is InChI=1S/C17H23N5OS/c1-10-9-14(21-17(18-10)22-7-5-6-8-22)16(23)20-12(3)15-11(2)19-13(4)24-15/h9,12H,5-8H2,1-4H3,(H,20,23). The van der Waals surface area contributed by atoms with E-state index in [2.05, 4.69) is 25.2 Å². The van der Waals surface area contributed by atoms with Crippen LogP contribution in [0, 0.1) is 20.8 Å². The van der Waals surface area contributed by atoms with Gasteiger partial charge in [0.25, 0.3) is 5.91 Å². The van der Waals surface area contributed by atoms with Crippen LogP contribution in [0.3, 0.4) is 0 Å². The molecule has 6 nitrogen and oxygen atoms in total. The molecule has 0 aliphatic carbocycles. The lowest BCUT2D eigenvalue weighted by molar-refractivity contribution is 0.0935. The lowest BCUT2D eigenvalue weighted by Gasteiger charge is -2.17. The number of carbonyl (C=O) groups is 1. The van der Waals surface area contributed by atoms with E-state index in [1.54, 1.807) is 17.4 Å². The highest BCUT2D eigenvalue weighted by molar-refractivity contribution is 7.11. The first kappa shape index (κ1) is 16.8. The van der Waals surface area contributed by atoms with Crippen LogP contribution in [0.4, 0.5) is 5.95 Å². The number of nitrogens with zero attached hydrogens (tertiary/aromatic N) is 4. The fourth-order valence-corrected chi connectivity index (χ4v) is 3.94. The molecule has 1 fully saturated rings. The Labute approximate surface area is 146 Å². The largest absolute Gasteiger partial charge is 0.343 e. The molecule has 128 valence electrons. The number of hydrogen-bond donors (Lipinski definition) is 1. The van der Waals surface area contributed by atoms with E-state index in [1.807, 2.05) is 27.7 Å². The second-order valence-electron chi connectivity index (χ2n) is 6.27. The van der Waals surface area contributed by atoms with E-state index in [1.165, 1.54) is 0 Å². The van der Waals surface area contributed by atoms with E-state index in [4.69, 9.17) is 0 Å². The Balaban J connectivity index is 1.78. The second-order valence-corrected chi connectivity index (χ2v) is 7.50. The molecule has 1 unspecified atom stereocenters. The number of anilines is 1. The zero-order chi connectivity index (χ0) is 17.3. The molecule has 0 aromatic carbocycles. The van der Waals surface area contributed by atoms with Crippen molar-refractivity contribution in [1.29, 1.82) is 0 Å². The monoisotopic (exact) mass is 345 g/mol. The molecule has 1 atom stereocenters. The molecule has 3 rings (SSSR count). The van der Waals surface area contributed by atoms with Gasteiger partial charge in [-0.2, -0.15) is 0 Å². The average molecular weight is 345 g/mol. The summed E-state index contributed by atoms with van der Waals surface area (Å²) in [5, 5.41) is 4.05. The molecule has 1 aliphatic rings. The molecule has 7 heteroatoms. The Morgan fingerprint density at radius 1 is 1.21 bits per heavy atom. The van der Waals surface area contributed by atoms with Crippen molar-refractivity contribution < 1.29 is 4.79 Å². The highest BCUT2D eigenvalue weighted by Gasteiger charge is 2.20. The van der Waals surface area contributed by atoms with Gasteiger partial charge in [-0.1, -0.05) is 0 Å².